The van der Waals surface area contributed by atoms with Crippen LogP contribution in [0.2, 0.25) is 0 Å². The number of halogens is 1. The number of hydrogen-bond donors (Lipinski definition) is 0. The van der Waals surface area contributed by atoms with Gasteiger partial charge in [-0.25, -0.2) is 0 Å². The van der Waals surface area contributed by atoms with E-state index in [4.69, 9.17) is 4.74 Å². The first kappa shape index (κ1) is 14.8. The van der Waals surface area contributed by atoms with Crippen molar-refractivity contribution in [2.45, 2.75) is 20.3 Å². The van der Waals surface area contributed by atoms with Crippen molar-refractivity contribution in [1.29, 1.82) is 0 Å². The highest BCUT2D eigenvalue weighted by molar-refractivity contribution is 9.10. The van der Waals surface area contributed by atoms with Gasteiger partial charge in [0.05, 0.1) is 6.61 Å². The van der Waals surface area contributed by atoms with Crippen LogP contribution in [-0.2, 0) is 0 Å². The monoisotopic (exact) mass is 332 g/mol. The van der Waals surface area contributed by atoms with Gasteiger partial charge in [0, 0.05) is 15.6 Å². The lowest BCUT2D eigenvalue weighted by Gasteiger charge is -2.07. The minimum atomic E-state index is 0.0389. The van der Waals surface area contributed by atoms with Crippen molar-refractivity contribution in [3.8, 4) is 5.75 Å². The minimum absolute atomic E-state index is 0.0389. The van der Waals surface area contributed by atoms with E-state index >= 15 is 0 Å². The number of ketones is 1. The van der Waals surface area contributed by atoms with Crippen LogP contribution in [0, 0.1) is 6.92 Å². The van der Waals surface area contributed by atoms with Gasteiger partial charge in [-0.15, -0.1) is 0 Å². The maximum atomic E-state index is 12.4. The molecule has 0 unspecified atom stereocenters. The highest BCUT2D eigenvalue weighted by atomic mass is 79.9. The Labute approximate surface area is 127 Å². The topological polar surface area (TPSA) is 26.3 Å². The number of carbonyl (C=O) groups excluding carboxylic acids is 1. The average molecular weight is 333 g/mol. The highest BCUT2D eigenvalue weighted by Gasteiger charge is 2.11. The molecule has 0 fully saturated rings. The normalized spacial score (nSPS) is 10.3. The molecule has 0 N–H and O–H groups in total. The predicted octanol–water partition coefficient (Wildman–Crippen LogP) is 4.78. The second kappa shape index (κ2) is 6.71. The quantitative estimate of drug-likeness (QED) is 0.736. The summed E-state index contributed by atoms with van der Waals surface area (Å²) in [4.78, 5) is 12.4. The van der Waals surface area contributed by atoms with Crippen LogP contribution in [0.25, 0.3) is 0 Å². The molecule has 2 rings (SSSR count). The molecule has 0 aliphatic heterocycles. The van der Waals surface area contributed by atoms with Crippen molar-refractivity contribution in [2.75, 3.05) is 6.61 Å². The summed E-state index contributed by atoms with van der Waals surface area (Å²) in [6, 6.07) is 13.0. The summed E-state index contributed by atoms with van der Waals surface area (Å²) >= 11 is 3.41. The molecule has 0 aromatic heterocycles. The van der Waals surface area contributed by atoms with Crippen LogP contribution in [0.1, 0.15) is 34.8 Å². The number of carbonyl (C=O) groups is 1. The molecule has 0 amide bonds. The van der Waals surface area contributed by atoms with Gasteiger partial charge in [0.25, 0.3) is 0 Å². The molecule has 0 saturated carbocycles. The molecule has 2 nitrogen and oxygen atoms in total. The standard InChI is InChI=1S/C17H17BrO2/c1-3-10-20-15-7-4-13(5-8-15)17(19)16-9-6-14(18)11-12(16)2/h4-9,11H,3,10H2,1-2H3. The molecule has 2 aromatic carbocycles. The van der Waals surface area contributed by atoms with Crippen molar-refractivity contribution < 1.29 is 9.53 Å². The van der Waals surface area contributed by atoms with Crippen LogP contribution in [0.15, 0.2) is 46.9 Å². The molecule has 0 bridgehead atoms. The Balaban J connectivity index is 2.20. The Bertz CT molecular complexity index is 603. The van der Waals surface area contributed by atoms with Gasteiger partial charge in [-0.05, 0) is 61.4 Å². The van der Waals surface area contributed by atoms with Gasteiger partial charge >= 0.3 is 0 Å². The number of rotatable bonds is 5. The Morgan fingerprint density at radius 1 is 1.15 bits per heavy atom. The van der Waals surface area contributed by atoms with Crippen molar-refractivity contribution in [3.05, 3.63) is 63.6 Å². The molecule has 2 aromatic rings. The van der Waals surface area contributed by atoms with E-state index in [1.165, 1.54) is 0 Å². The molecular formula is C17H17BrO2. The Kier molecular flexibility index (Phi) is 4.96. The Hall–Kier alpha value is -1.61. The van der Waals surface area contributed by atoms with Gasteiger partial charge < -0.3 is 4.74 Å². The van der Waals surface area contributed by atoms with Crippen molar-refractivity contribution in [3.63, 3.8) is 0 Å². The second-order valence-electron chi connectivity index (χ2n) is 4.66. The number of ether oxygens (including phenoxy) is 1. The fourth-order valence-corrected chi connectivity index (χ4v) is 2.44. The summed E-state index contributed by atoms with van der Waals surface area (Å²) in [6.45, 7) is 4.70. The van der Waals surface area contributed by atoms with E-state index in [1.807, 2.05) is 49.4 Å². The lowest BCUT2D eigenvalue weighted by Crippen LogP contribution is -2.04. The zero-order chi connectivity index (χ0) is 14.5. The van der Waals surface area contributed by atoms with Crippen LogP contribution in [0.4, 0.5) is 0 Å². The largest absolute Gasteiger partial charge is 0.494 e. The molecule has 20 heavy (non-hydrogen) atoms. The van der Waals surface area contributed by atoms with E-state index in [0.29, 0.717) is 12.2 Å². The first-order valence-electron chi connectivity index (χ1n) is 6.65. The van der Waals surface area contributed by atoms with E-state index in [1.54, 1.807) is 0 Å². The molecule has 0 heterocycles. The van der Waals surface area contributed by atoms with Crippen molar-refractivity contribution >= 4 is 21.7 Å². The van der Waals surface area contributed by atoms with Crippen LogP contribution >= 0.6 is 15.9 Å². The molecular weight excluding hydrogens is 316 g/mol. The zero-order valence-electron chi connectivity index (χ0n) is 11.7. The number of benzene rings is 2. The van der Waals surface area contributed by atoms with Crippen LogP contribution in [-0.4, -0.2) is 12.4 Å². The zero-order valence-corrected chi connectivity index (χ0v) is 13.2. The van der Waals surface area contributed by atoms with Gasteiger partial charge in [0.2, 0.25) is 0 Å². The van der Waals surface area contributed by atoms with Crippen LogP contribution < -0.4 is 4.74 Å². The van der Waals surface area contributed by atoms with E-state index in [2.05, 4.69) is 22.9 Å². The number of hydrogen-bond acceptors (Lipinski definition) is 2. The Morgan fingerprint density at radius 2 is 1.85 bits per heavy atom. The first-order chi connectivity index (χ1) is 9.61. The summed E-state index contributed by atoms with van der Waals surface area (Å²) < 4.78 is 6.50. The molecule has 104 valence electrons. The van der Waals surface area contributed by atoms with Crippen molar-refractivity contribution in [1.82, 2.24) is 0 Å². The van der Waals surface area contributed by atoms with E-state index < -0.39 is 0 Å². The van der Waals surface area contributed by atoms with Gasteiger partial charge in [-0.3, -0.25) is 4.79 Å². The van der Waals surface area contributed by atoms with E-state index in [9.17, 15) is 4.79 Å². The van der Waals surface area contributed by atoms with Crippen molar-refractivity contribution in [2.24, 2.45) is 0 Å². The maximum Gasteiger partial charge on any atom is 0.193 e. The minimum Gasteiger partial charge on any atom is -0.494 e. The summed E-state index contributed by atoms with van der Waals surface area (Å²) in [7, 11) is 0. The molecule has 3 heteroatoms. The molecule has 0 spiro atoms. The van der Waals surface area contributed by atoms with Gasteiger partial charge in [-0.2, -0.15) is 0 Å². The highest BCUT2D eigenvalue weighted by Crippen LogP contribution is 2.20. The molecule has 0 saturated heterocycles. The average Bonchev–Trinajstić information content (AvgIpc) is 2.45. The summed E-state index contributed by atoms with van der Waals surface area (Å²) in [6.07, 6.45) is 0.971. The lowest BCUT2D eigenvalue weighted by atomic mass is 9.99. The molecule has 0 atom stereocenters. The molecule has 0 aliphatic carbocycles. The summed E-state index contributed by atoms with van der Waals surface area (Å²) in [5, 5.41) is 0. The Morgan fingerprint density at radius 3 is 2.45 bits per heavy atom. The third-order valence-electron chi connectivity index (χ3n) is 3.02. The van der Waals surface area contributed by atoms with Gasteiger partial charge in [-0.1, -0.05) is 22.9 Å². The smallest absolute Gasteiger partial charge is 0.193 e. The predicted molar refractivity (Wildman–Crippen MR) is 84.5 cm³/mol. The third-order valence-corrected chi connectivity index (χ3v) is 3.52. The first-order valence-corrected chi connectivity index (χ1v) is 7.45. The fourth-order valence-electron chi connectivity index (χ4n) is 1.96. The van der Waals surface area contributed by atoms with E-state index in [0.717, 1.165) is 27.8 Å². The molecule has 0 radical (unpaired) electrons. The molecule has 0 aliphatic rings. The third kappa shape index (κ3) is 3.48. The van der Waals surface area contributed by atoms with Crippen LogP contribution in [0.3, 0.4) is 0 Å². The SMILES string of the molecule is CCCOc1ccc(C(=O)c2ccc(Br)cc2C)cc1. The fraction of sp³-hybridized carbons (Fsp3) is 0.235. The summed E-state index contributed by atoms with van der Waals surface area (Å²) in [5.74, 6) is 0.841. The van der Waals surface area contributed by atoms with E-state index in [-0.39, 0.29) is 5.78 Å². The van der Waals surface area contributed by atoms with Crippen LogP contribution in [0.5, 0.6) is 5.75 Å². The van der Waals surface area contributed by atoms with Gasteiger partial charge in [0.1, 0.15) is 5.75 Å². The summed E-state index contributed by atoms with van der Waals surface area (Å²) in [5.41, 5.74) is 2.38. The second-order valence-corrected chi connectivity index (χ2v) is 5.58. The van der Waals surface area contributed by atoms with Gasteiger partial charge in [0.15, 0.2) is 5.78 Å². The maximum absolute atomic E-state index is 12.4. The lowest BCUT2D eigenvalue weighted by molar-refractivity contribution is 0.103. The number of aryl methyl sites for hydroxylation is 1.